The van der Waals surface area contributed by atoms with E-state index in [2.05, 4.69) is 51.3 Å². The van der Waals surface area contributed by atoms with Crippen LogP contribution in [0.25, 0.3) is 0 Å². The van der Waals surface area contributed by atoms with Gasteiger partial charge in [-0.2, -0.15) is 0 Å². The van der Waals surface area contributed by atoms with Crippen molar-refractivity contribution >= 4 is 21.8 Å². The molecule has 0 aliphatic carbocycles. The average Bonchev–Trinajstić information content (AvgIpc) is 2.49. The molecule has 4 nitrogen and oxygen atoms in total. The Bertz CT molecular complexity index is 492. The first kappa shape index (κ1) is 16.5. The van der Waals surface area contributed by atoms with E-state index < -0.39 is 0 Å². The molecule has 1 aliphatic heterocycles. The lowest BCUT2D eigenvalue weighted by atomic mass is 9.96. The first-order chi connectivity index (χ1) is 10.1. The summed E-state index contributed by atoms with van der Waals surface area (Å²) in [6.45, 7) is 5.99. The highest BCUT2D eigenvalue weighted by atomic mass is 79.9. The quantitative estimate of drug-likeness (QED) is 0.851. The van der Waals surface area contributed by atoms with E-state index in [1.165, 1.54) is 11.1 Å². The molecule has 1 atom stereocenters. The van der Waals surface area contributed by atoms with Crippen molar-refractivity contribution in [3.05, 3.63) is 33.8 Å². The number of carbonyl (C=O) groups is 1. The fourth-order valence-corrected chi connectivity index (χ4v) is 3.06. The summed E-state index contributed by atoms with van der Waals surface area (Å²) in [5.41, 5.74) is 7.99. The fourth-order valence-electron chi connectivity index (χ4n) is 2.82. The summed E-state index contributed by atoms with van der Waals surface area (Å²) in [5.74, 6) is 0.249. The molecule has 1 unspecified atom stereocenters. The van der Waals surface area contributed by atoms with E-state index in [1.54, 1.807) is 0 Å². The van der Waals surface area contributed by atoms with Crippen molar-refractivity contribution in [2.75, 3.05) is 26.2 Å². The highest BCUT2D eigenvalue weighted by Crippen LogP contribution is 2.21. The molecular formula is C16H24BrN3O. The second kappa shape index (κ2) is 7.92. The normalized spacial score (nSPS) is 19.5. The molecule has 1 aromatic carbocycles. The third-order valence-electron chi connectivity index (χ3n) is 3.95. The molecule has 1 aliphatic rings. The molecule has 21 heavy (non-hydrogen) atoms. The lowest BCUT2D eigenvalue weighted by Crippen LogP contribution is -2.43. The smallest absolute Gasteiger partial charge is 0.224 e. The maximum absolute atomic E-state index is 12.1. The number of hydrogen-bond acceptors (Lipinski definition) is 3. The van der Waals surface area contributed by atoms with Gasteiger partial charge in [0.1, 0.15) is 0 Å². The molecule has 2 rings (SSSR count). The van der Waals surface area contributed by atoms with Gasteiger partial charge in [0.05, 0.1) is 5.92 Å². The van der Waals surface area contributed by atoms with Crippen molar-refractivity contribution in [2.45, 2.75) is 26.3 Å². The number of nitrogens with one attached hydrogen (secondary N) is 1. The van der Waals surface area contributed by atoms with Gasteiger partial charge < -0.3 is 11.1 Å². The summed E-state index contributed by atoms with van der Waals surface area (Å²) in [6.07, 6.45) is 2.06. The lowest BCUT2D eigenvalue weighted by Gasteiger charge is -2.32. The second-order valence-corrected chi connectivity index (χ2v) is 6.59. The van der Waals surface area contributed by atoms with E-state index in [1.807, 2.05) is 0 Å². The summed E-state index contributed by atoms with van der Waals surface area (Å²) in [5, 5.41) is 2.91. The SMILES string of the molecule is Cc1cc(CN2CCCC(C(=O)NCCN)C2)ccc1Br. The van der Waals surface area contributed by atoms with Gasteiger partial charge in [-0.3, -0.25) is 9.69 Å². The van der Waals surface area contributed by atoms with Crippen LogP contribution in [0, 0.1) is 12.8 Å². The molecule has 0 radical (unpaired) electrons. The van der Waals surface area contributed by atoms with Gasteiger partial charge in [0.15, 0.2) is 0 Å². The zero-order valence-corrected chi connectivity index (χ0v) is 14.2. The lowest BCUT2D eigenvalue weighted by molar-refractivity contribution is -0.126. The van der Waals surface area contributed by atoms with Crippen molar-refractivity contribution in [2.24, 2.45) is 11.7 Å². The summed E-state index contributed by atoms with van der Waals surface area (Å²) >= 11 is 3.53. The highest BCUT2D eigenvalue weighted by Gasteiger charge is 2.25. The predicted molar refractivity (Wildman–Crippen MR) is 88.9 cm³/mol. The summed E-state index contributed by atoms with van der Waals surface area (Å²) in [6, 6.07) is 6.46. The number of halogens is 1. The number of hydrogen-bond donors (Lipinski definition) is 2. The van der Waals surface area contributed by atoms with Crippen LogP contribution in [0.2, 0.25) is 0 Å². The van der Waals surface area contributed by atoms with E-state index in [-0.39, 0.29) is 11.8 Å². The number of rotatable bonds is 5. The van der Waals surface area contributed by atoms with Gasteiger partial charge >= 0.3 is 0 Å². The van der Waals surface area contributed by atoms with Crippen LogP contribution in [0.1, 0.15) is 24.0 Å². The largest absolute Gasteiger partial charge is 0.355 e. The van der Waals surface area contributed by atoms with Crippen LogP contribution in [0.5, 0.6) is 0 Å². The number of benzene rings is 1. The van der Waals surface area contributed by atoms with Crippen molar-refractivity contribution in [3.63, 3.8) is 0 Å². The summed E-state index contributed by atoms with van der Waals surface area (Å²) < 4.78 is 1.14. The third kappa shape index (κ3) is 4.80. The summed E-state index contributed by atoms with van der Waals surface area (Å²) in [4.78, 5) is 14.4. The third-order valence-corrected chi connectivity index (χ3v) is 4.84. The van der Waals surface area contributed by atoms with Crippen LogP contribution < -0.4 is 11.1 Å². The molecule has 0 bridgehead atoms. The van der Waals surface area contributed by atoms with E-state index in [0.29, 0.717) is 13.1 Å². The Morgan fingerprint density at radius 3 is 3.05 bits per heavy atom. The summed E-state index contributed by atoms with van der Waals surface area (Å²) in [7, 11) is 0. The van der Waals surface area contributed by atoms with Crippen LogP contribution in [-0.4, -0.2) is 37.0 Å². The number of aryl methyl sites for hydroxylation is 1. The van der Waals surface area contributed by atoms with Crippen LogP contribution >= 0.6 is 15.9 Å². The zero-order valence-electron chi connectivity index (χ0n) is 12.6. The van der Waals surface area contributed by atoms with Crippen molar-refractivity contribution in [1.82, 2.24) is 10.2 Å². The maximum atomic E-state index is 12.1. The van der Waals surface area contributed by atoms with E-state index in [4.69, 9.17) is 5.73 Å². The van der Waals surface area contributed by atoms with Crippen LogP contribution in [-0.2, 0) is 11.3 Å². The number of nitrogens with two attached hydrogens (primary N) is 1. The minimum Gasteiger partial charge on any atom is -0.355 e. The first-order valence-electron chi connectivity index (χ1n) is 7.55. The number of amides is 1. The molecule has 5 heteroatoms. The maximum Gasteiger partial charge on any atom is 0.224 e. The molecule has 1 saturated heterocycles. The Kier molecular flexibility index (Phi) is 6.21. The molecule has 0 aromatic heterocycles. The van der Waals surface area contributed by atoms with Gasteiger partial charge in [0.2, 0.25) is 5.91 Å². The standard InChI is InChI=1S/C16H24BrN3O/c1-12-9-13(4-5-15(12)17)10-20-8-2-3-14(11-20)16(21)19-7-6-18/h4-5,9,14H,2-3,6-8,10-11,18H2,1H3,(H,19,21). The molecule has 3 N–H and O–H groups in total. The van der Waals surface area contributed by atoms with Gasteiger partial charge in [0, 0.05) is 30.7 Å². The van der Waals surface area contributed by atoms with E-state index >= 15 is 0 Å². The average molecular weight is 354 g/mol. The molecule has 0 spiro atoms. The van der Waals surface area contributed by atoms with Crippen molar-refractivity contribution < 1.29 is 4.79 Å². The van der Waals surface area contributed by atoms with Gasteiger partial charge in [-0.15, -0.1) is 0 Å². The van der Waals surface area contributed by atoms with Gasteiger partial charge in [-0.05, 0) is 43.5 Å². The Morgan fingerprint density at radius 2 is 2.33 bits per heavy atom. The van der Waals surface area contributed by atoms with Gasteiger partial charge in [0.25, 0.3) is 0 Å². The molecular weight excluding hydrogens is 330 g/mol. The fraction of sp³-hybridized carbons (Fsp3) is 0.562. The second-order valence-electron chi connectivity index (χ2n) is 5.74. The molecule has 1 amide bonds. The van der Waals surface area contributed by atoms with Crippen LogP contribution in [0.3, 0.4) is 0 Å². The Balaban J connectivity index is 1.91. The van der Waals surface area contributed by atoms with E-state index in [0.717, 1.165) is 36.9 Å². The molecule has 116 valence electrons. The predicted octanol–water partition coefficient (Wildman–Crippen LogP) is 2.04. The molecule has 1 heterocycles. The Morgan fingerprint density at radius 1 is 1.52 bits per heavy atom. The number of piperidine rings is 1. The van der Waals surface area contributed by atoms with Crippen LogP contribution in [0.4, 0.5) is 0 Å². The molecule has 1 aromatic rings. The topological polar surface area (TPSA) is 58.4 Å². The number of likely N-dealkylation sites (tertiary alicyclic amines) is 1. The van der Waals surface area contributed by atoms with Gasteiger partial charge in [-0.1, -0.05) is 28.1 Å². The monoisotopic (exact) mass is 353 g/mol. The zero-order chi connectivity index (χ0) is 15.2. The Labute approximate surface area is 135 Å². The van der Waals surface area contributed by atoms with Crippen molar-refractivity contribution in [3.8, 4) is 0 Å². The molecule has 0 saturated carbocycles. The van der Waals surface area contributed by atoms with Gasteiger partial charge in [-0.25, -0.2) is 0 Å². The minimum atomic E-state index is 0.0989. The number of carbonyl (C=O) groups excluding carboxylic acids is 1. The van der Waals surface area contributed by atoms with Crippen molar-refractivity contribution in [1.29, 1.82) is 0 Å². The van der Waals surface area contributed by atoms with Crippen LogP contribution in [0.15, 0.2) is 22.7 Å². The first-order valence-corrected chi connectivity index (χ1v) is 8.34. The Hall–Kier alpha value is -0.910. The minimum absolute atomic E-state index is 0.0989. The molecule has 1 fully saturated rings. The highest BCUT2D eigenvalue weighted by molar-refractivity contribution is 9.10. The number of nitrogens with zero attached hydrogens (tertiary/aromatic N) is 1. The van der Waals surface area contributed by atoms with E-state index in [9.17, 15) is 4.79 Å².